The molecule has 0 aliphatic carbocycles. The third kappa shape index (κ3) is 5.04. The van der Waals surface area contributed by atoms with E-state index in [1.54, 1.807) is 35.5 Å². The van der Waals surface area contributed by atoms with Crippen molar-refractivity contribution < 1.29 is 14.3 Å². The average Bonchev–Trinajstić information content (AvgIpc) is 2.62. The molecule has 2 aromatic rings. The van der Waals surface area contributed by atoms with Crippen LogP contribution >= 0.6 is 0 Å². The number of aromatic nitrogens is 1. The Bertz CT molecular complexity index is 732. The van der Waals surface area contributed by atoms with Crippen LogP contribution in [0.2, 0.25) is 0 Å². The van der Waals surface area contributed by atoms with Crippen molar-refractivity contribution in [2.45, 2.75) is 20.3 Å². The summed E-state index contributed by atoms with van der Waals surface area (Å²) < 4.78 is 5.23. The zero-order chi connectivity index (χ0) is 18.2. The number of ether oxygens (including phenoxy) is 1. The Morgan fingerprint density at radius 3 is 2.52 bits per heavy atom. The van der Waals surface area contributed by atoms with E-state index in [2.05, 4.69) is 10.3 Å². The Morgan fingerprint density at radius 1 is 1.20 bits per heavy atom. The Labute approximate surface area is 147 Å². The second-order valence-corrected chi connectivity index (χ2v) is 5.59. The maximum Gasteiger partial charge on any atom is 0.253 e. The van der Waals surface area contributed by atoms with Crippen LogP contribution in [-0.4, -0.2) is 41.9 Å². The summed E-state index contributed by atoms with van der Waals surface area (Å²) >= 11 is 0. The van der Waals surface area contributed by atoms with Crippen LogP contribution in [-0.2, 0) is 11.2 Å². The molecule has 6 nitrogen and oxygen atoms in total. The molecule has 2 rings (SSSR count). The molecule has 1 aromatic heterocycles. The fraction of sp³-hybridized carbons (Fsp3) is 0.316. The highest BCUT2D eigenvalue weighted by Crippen LogP contribution is 2.26. The molecule has 2 amide bonds. The maximum atomic E-state index is 12.8. The Hall–Kier alpha value is -2.89. The lowest BCUT2D eigenvalue weighted by atomic mass is 10.1. The molecule has 0 fully saturated rings. The van der Waals surface area contributed by atoms with Crippen molar-refractivity contribution >= 4 is 17.5 Å². The molecule has 25 heavy (non-hydrogen) atoms. The molecule has 0 saturated heterocycles. The highest BCUT2D eigenvalue weighted by molar-refractivity contribution is 5.98. The van der Waals surface area contributed by atoms with E-state index >= 15 is 0 Å². The average molecular weight is 341 g/mol. The van der Waals surface area contributed by atoms with Gasteiger partial charge in [0.15, 0.2) is 0 Å². The van der Waals surface area contributed by atoms with Crippen molar-refractivity contribution in [3.05, 3.63) is 53.9 Å². The second-order valence-electron chi connectivity index (χ2n) is 5.59. The molecule has 132 valence electrons. The number of nitrogens with zero attached hydrogens (tertiary/aromatic N) is 2. The van der Waals surface area contributed by atoms with Crippen LogP contribution < -0.4 is 10.1 Å². The van der Waals surface area contributed by atoms with Crippen LogP contribution in [0.3, 0.4) is 0 Å². The number of methoxy groups -OCH3 is 1. The quantitative estimate of drug-likeness (QED) is 0.840. The lowest BCUT2D eigenvalue weighted by Crippen LogP contribution is -2.32. The van der Waals surface area contributed by atoms with E-state index < -0.39 is 0 Å². The van der Waals surface area contributed by atoms with Gasteiger partial charge in [-0.15, -0.1) is 0 Å². The van der Waals surface area contributed by atoms with Gasteiger partial charge in [0.25, 0.3) is 5.91 Å². The van der Waals surface area contributed by atoms with Gasteiger partial charge < -0.3 is 15.0 Å². The number of pyridine rings is 1. The van der Waals surface area contributed by atoms with Crippen molar-refractivity contribution in [1.29, 1.82) is 0 Å². The molecule has 0 spiro atoms. The van der Waals surface area contributed by atoms with E-state index in [1.165, 1.54) is 14.0 Å². The first-order chi connectivity index (χ1) is 12.0. The van der Waals surface area contributed by atoms with Gasteiger partial charge in [-0.1, -0.05) is 0 Å². The first kappa shape index (κ1) is 18.4. The molecule has 1 N–H and O–H groups in total. The Balaban J connectivity index is 2.14. The maximum absolute atomic E-state index is 12.8. The van der Waals surface area contributed by atoms with Crippen LogP contribution in [0.5, 0.6) is 5.75 Å². The summed E-state index contributed by atoms with van der Waals surface area (Å²) in [5.41, 5.74) is 2.14. The van der Waals surface area contributed by atoms with Crippen molar-refractivity contribution in [3.8, 4) is 5.75 Å². The van der Waals surface area contributed by atoms with E-state index in [1.807, 2.05) is 19.1 Å². The molecule has 0 radical (unpaired) electrons. The molecule has 1 aromatic carbocycles. The Kier molecular flexibility index (Phi) is 6.51. The van der Waals surface area contributed by atoms with E-state index in [9.17, 15) is 9.59 Å². The van der Waals surface area contributed by atoms with Crippen molar-refractivity contribution in [2.24, 2.45) is 0 Å². The fourth-order valence-electron chi connectivity index (χ4n) is 2.53. The lowest BCUT2D eigenvalue weighted by molar-refractivity contribution is -0.114. The minimum Gasteiger partial charge on any atom is -0.495 e. The van der Waals surface area contributed by atoms with Gasteiger partial charge in [0, 0.05) is 38.0 Å². The summed E-state index contributed by atoms with van der Waals surface area (Å²) in [6, 6.07) is 8.94. The Morgan fingerprint density at radius 2 is 1.92 bits per heavy atom. The molecule has 0 unspecified atom stereocenters. The first-order valence-electron chi connectivity index (χ1n) is 8.19. The number of carbonyl (C=O) groups is 2. The number of carbonyl (C=O) groups excluding carboxylic acids is 2. The van der Waals surface area contributed by atoms with Crippen molar-refractivity contribution in [2.75, 3.05) is 25.5 Å². The molecular formula is C19H23N3O3. The van der Waals surface area contributed by atoms with Crippen LogP contribution in [0.25, 0.3) is 0 Å². The van der Waals surface area contributed by atoms with E-state index in [4.69, 9.17) is 4.74 Å². The number of hydrogen-bond acceptors (Lipinski definition) is 4. The molecule has 0 saturated carbocycles. The molecule has 0 aliphatic heterocycles. The smallest absolute Gasteiger partial charge is 0.253 e. The molecule has 6 heteroatoms. The summed E-state index contributed by atoms with van der Waals surface area (Å²) in [7, 11) is 1.52. The highest BCUT2D eigenvalue weighted by atomic mass is 16.5. The fourth-order valence-corrected chi connectivity index (χ4v) is 2.53. The molecular weight excluding hydrogens is 318 g/mol. The zero-order valence-corrected chi connectivity index (χ0v) is 14.8. The summed E-state index contributed by atoms with van der Waals surface area (Å²) in [5.74, 6) is 0.227. The summed E-state index contributed by atoms with van der Waals surface area (Å²) in [5, 5.41) is 2.69. The summed E-state index contributed by atoms with van der Waals surface area (Å²) in [4.78, 5) is 29.9. The van der Waals surface area contributed by atoms with Gasteiger partial charge in [-0.25, -0.2) is 0 Å². The number of likely N-dealkylation sites (N-methyl/N-ethyl adjacent to an activating group) is 1. The number of amides is 2. The summed E-state index contributed by atoms with van der Waals surface area (Å²) in [6.07, 6.45) is 4.25. The topological polar surface area (TPSA) is 71.5 Å². The molecule has 0 atom stereocenters. The monoisotopic (exact) mass is 341 g/mol. The normalized spacial score (nSPS) is 10.2. The van der Waals surface area contributed by atoms with Crippen LogP contribution in [0.1, 0.15) is 29.8 Å². The van der Waals surface area contributed by atoms with Gasteiger partial charge in [-0.05, 0) is 49.2 Å². The minimum atomic E-state index is -0.215. The van der Waals surface area contributed by atoms with Gasteiger partial charge in [0.2, 0.25) is 5.91 Å². The van der Waals surface area contributed by atoms with Gasteiger partial charge in [-0.3, -0.25) is 14.6 Å². The van der Waals surface area contributed by atoms with Gasteiger partial charge >= 0.3 is 0 Å². The van der Waals surface area contributed by atoms with Gasteiger partial charge in [0.1, 0.15) is 5.75 Å². The van der Waals surface area contributed by atoms with Gasteiger partial charge in [0.05, 0.1) is 12.8 Å². The predicted molar refractivity (Wildman–Crippen MR) is 96.8 cm³/mol. The third-order valence-electron chi connectivity index (χ3n) is 3.85. The largest absolute Gasteiger partial charge is 0.495 e. The SMILES string of the molecule is CCN(CCc1ccncc1)C(=O)c1ccc(OC)c(NC(C)=O)c1. The van der Waals surface area contributed by atoms with E-state index in [0.717, 1.165) is 12.0 Å². The van der Waals surface area contributed by atoms with E-state index in [-0.39, 0.29) is 11.8 Å². The molecule has 0 bridgehead atoms. The van der Waals surface area contributed by atoms with E-state index in [0.29, 0.717) is 30.1 Å². The van der Waals surface area contributed by atoms with Gasteiger partial charge in [-0.2, -0.15) is 0 Å². The summed E-state index contributed by atoms with van der Waals surface area (Å²) in [6.45, 7) is 4.58. The molecule has 1 heterocycles. The number of anilines is 1. The molecule has 0 aliphatic rings. The second kappa shape index (κ2) is 8.82. The van der Waals surface area contributed by atoms with Crippen LogP contribution in [0.4, 0.5) is 5.69 Å². The lowest BCUT2D eigenvalue weighted by Gasteiger charge is -2.21. The van der Waals surface area contributed by atoms with Crippen molar-refractivity contribution in [1.82, 2.24) is 9.88 Å². The number of rotatable bonds is 7. The first-order valence-corrected chi connectivity index (χ1v) is 8.19. The standard InChI is InChI=1S/C19H23N3O3/c1-4-22(12-9-15-7-10-20-11-8-15)19(24)16-5-6-18(25-3)17(13-16)21-14(2)23/h5-8,10-11,13H,4,9,12H2,1-3H3,(H,21,23). The highest BCUT2D eigenvalue weighted by Gasteiger charge is 2.16. The number of benzene rings is 1. The number of hydrogen-bond donors (Lipinski definition) is 1. The zero-order valence-electron chi connectivity index (χ0n) is 14.8. The van der Waals surface area contributed by atoms with Crippen molar-refractivity contribution in [3.63, 3.8) is 0 Å². The minimum absolute atomic E-state index is 0.0780. The third-order valence-corrected chi connectivity index (χ3v) is 3.85. The number of nitrogens with one attached hydrogen (secondary N) is 1. The van der Waals surface area contributed by atoms with Crippen LogP contribution in [0, 0.1) is 0 Å². The van der Waals surface area contributed by atoms with Crippen LogP contribution in [0.15, 0.2) is 42.7 Å². The predicted octanol–water partition coefficient (Wildman–Crippen LogP) is 2.75.